The first-order chi connectivity index (χ1) is 10.7. The lowest BCUT2D eigenvalue weighted by Crippen LogP contribution is -2.31. The number of benzene rings is 1. The lowest BCUT2D eigenvalue weighted by atomic mass is 10.0. The topological polar surface area (TPSA) is 67.0 Å². The Hall–Kier alpha value is -2.51. The second kappa shape index (κ2) is 5.29. The molecule has 0 saturated heterocycles. The number of fused-ring (bicyclic) bond motifs is 1. The number of H-pyrrole nitrogens is 1. The number of halogens is 3. The summed E-state index contributed by atoms with van der Waals surface area (Å²) in [7, 11) is 0. The van der Waals surface area contributed by atoms with Gasteiger partial charge in [0.2, 0.25) is 0 Å². The van der Waals surface area contributed by atoms with Crippen molar-refractivity contribution in [3.05, 3.63) is 40.6 Å². The van der Waals surface area contributed by atoms with Crippen LogP contribution in [0, 0.1) is 13.8 Å². The highest BCUT2D eigenvalue weighted by Gasteiger charge is 2.34. The largest absolute Gasteiger partial charge is 0.480 e. The quantitative estimate of drug-likeness (QED) is 0.892. The summed E-state index contributed by atoms with van der Waals surface area (Å²) in [5.41, 5.74) is 2.03. The zero-order chi connectivity index (χ0) is 16.8. The van der Waals surface area contributed by atoms with Crippen molar-refractivity contribution in [2.24, 2.45) is 0 Å². The van der Waals surface area contributed by atoms with Crippen LogP contribution >= 0.6 is 0 Å². The maximum absolute atomic E-state index is 12.5. The maximum atomic E-state index is 12.5. The molecule has 2 heterocycles. The van der Waals surface area contributed by atoms with Crippen molar-refractivity contribution in [2.45, 2.75) is 32.5 Å². The van der Waals surface area contributed by atoms with E-state index in [1.54, 1.807) is 0 Å². The maximum Gasteiger partial charge on any atom is 0.432 e. The molecule has 1 amide bonds. The van der Waals surface area contributed by atoms with Gasteiger partial charge in [-0.15, -0.1) is 0 Å². The van der Waals surface area contributed by atoms with E-state index in [2.05, 4.69) is 10.4 Å². The van der Waals surface area contributed by atoms with Gasteiger partial charge in [-0.2, -0.15) is 18.3 Å². The number of rotatable bonds is 2. The third kappa shape index (κ3) is 3.01. The highest BCUT2D eigenvalue weighted by molar-refractivity contribution is 5.94. The van der Waals surface area contributed by atoms with Crippen molar-refractivity contribution in [1.29, 1.82) is 0 Å². The molecule has 1 atom stereocenters. The van der Waals surface area contributed by atoms with E-state index in [-0.39, 0.29) is 5.82 Å². The molecule has 3 rings (SSSR count). The number of carbonyl (C=O) groups is 1. The molecule has 2 N–H and O–H groups in total. The van der Waals surface area contributed by atoms with Crippen molar-refractivity contribution < 1.29 is 22.7 Å². The molecule has 1 aliphatic heterocycles. The summed E-state index contributed by atoms with van der Waals surface area (Å²) in [6.45, 7) is 3.90. The summed E-state index contributed by atoms with van der Waals surface area (Å²) in [5.74, 6) is -0.0859. The number of hydrogen-bond acceptors (Lipinski definition) is 3. The number of aromatic nitrogens is 2. The molecule has 1 aromatic carbocycles. The second-order valence-corrected chi connectivity index (χ2v) is 5.51. The average molecular weight is 325 g/mol. The number of alkyl halides is 3. The third-order valence-corrected chi connectivity index (χ3v) is 3.78. The predicted molar refractivity (Wildman–Crippen MR) is 76.3 cm³/mol. The Morgan fingerprint density at radius 1 is 1.30 bits per heavy atom. The summed E-state index contributed by atoms with van der Waals surface area (Å²) >= 11 is 0. The minimum absolute atomic E-state index is 0.186. The van der Waals surface area contributed by atoms with Crippen LogP contribution in [-0.4, -0.2) is 22.2 Å². The molecule has 0 fully saturated rings. The molecular formula is C15H14F3N3O2. The van der Waals surface area contributed by atoms with Gasteiger partial charge in [-0.25, -0.2) is 0 Å². The van der Waals surface area contributed by atoms with E-state index in [0.717, 1.165) is 22.8 Å². The average Bonchev–Trinajstić information content (AvgIpc) is 3.05. The van der Waals surface area contributed by atoms with Gasteiger partial charge in [0.05, 0.1) is 0 Å². The number of nitrogens with zero attached hydrogens (tertiary/aromatic N) is 1. The lowest BCUT2D eigenvalue weighted by molar-refractivity contribution is -0.141. The summed E-state index contributed by atoms with van der Waals surface area (Å²) in [6, 6.07) is 4.55. The van der Waals surface area contributed by atoms with Gasteiger partial charge in [-0.1, -0.05) is 6.07 Å². The Morgan fingerprint density at radius 2 is 2.00 bits per heavy atom. The molecule has 0 aliphatic carbocycles. The summed E-state index contributed by atoms with van der Waals surface area (Å²) in [6.07, 6.45) is -4.94. The number of carbonyl (C=O) groups excluding carboxylic acids is 1. The molecule has 0 spiro atoms. The van der Waals surface area contributed by atoms with Crippen LogP contribution in [0.1, 0.15) is 22.4 Å². The van der Waals surface area contributed by atoms with E-state index in [0.29, 0.717) is 12.2 Å². The smallest absolute Gasteiger partial charge is 0.432 e. The van der Waals surface area contributed by atoms with Crippen LogP contribution in [0.3, 0.4) is 0 Å². The molecule has 0 radical (unpaired) electrons. The number of amides is 1. The van der Waals surface area contributed by atoms with E-state index in [1.165, 1.54) is 0 Å². The number of anilines is 1. The van der Waals surface area contributed by atoms with Gasteiger partial charge >= 0.3 is 6.18 Å². The number of nitrogens with one attached hydrogen (secondary N) is 2. The fourth-order valence-corrected chi connectivity index (χ4v) is 2.40. The molecule has 23 heavy (non-hydrogen) atoms. The van der Waals surface area contributed by atoms with Gasteiger partial charge in [0.15, 0.2) is 11.9 Å². The normalized spacial score (nSPS) is 16.8. The fourth-order valence-electron chi connectivity index (χ4n) is 2.40. The highest BCUT2D eigenvalue weighted by atomic mass is 19.4. The molecule has 122 valence electrons. The van der Waals surface area contributed by atoms with Crippen LogP contribution in [-0.2, 0) is 17.4 Å². The highest BCUT2D eigenvalue weighted by Crippen LogP contribution is 2.32. The van der Waals surface area contributed by atoms with Crippen LogP contribution < -0.4 is 10.1 Å². The first kappa shape index (κ1) is 15.4. The second-order valence-electron chi connectivity index (χ2n) is 5.51. The minimum atomic E-state index is -4.54. The standard InChI is InChI=1S/C15H14F3N3O2/c1-7-3-9-5-11(23-10(9)4-8(7)2)14(22)19-13-6-12(20-21-13)15(16,17)18/h3-4,6,11H,5H2,1-2H3,(H2,19,20,21,22). The SMILES string of the molecule is Cc1cc2c(cc1C)OC(C(=O)Nc1cc(C(F)(F)F)[nH]n1)C2. The van der Waals surface area contributed by atoms with Crippen molar-refractivity contribution in [3.8, 4) is 5.75 Å². The van der Waals surface area contributed by atoms with Gasteiger partial charge in [-0.3, -0.25) is 9.89 Å². The van der Waals surface area contributed by atoms with E-state index >= 15 is 0 Å². The molecule has 8 heteroatoms. The number of aromatic amines is 1. The van der Waals surface area contributed by atoms with Gasteiger partial charge in [0, 0.05) is 12.5 Å². The Labute approximate surface area is 129 Å². The Balaban J connectivity index is 1.70. The van der Waals surface area contributed by atoms with E-state index < -0.39 is 23.9 Å². The monoisotopic (exact) mass is 325 g/mol. The van der Waals surface area contributed by atoms with Crippen LogP contribution in [0.15, 0.2) is 18.2 Å². The molecule has 1 unspecified atom stereocenters. The zero-order valence-electron chi connectivity index (χ0n) is 12.4. The van der Waals surface area contributed by atoms with Crippen LogP contribution in [0.4, 0.5) is 19.0 Å². The summed E-state index contributed by atoms with van der Waals surface area (Å²) in [5, 5.41) is 7.62. The van der Waals surface area contributed by atoms with E-state index in [1.807, 2.05) is 31.1 Å². The van der Waals surface area contributed by atoms with E-state index in [4.69, 9.17) is 4.74 Å². The van der Waals surface area contributed by atoms with Crippen molar-refractivity contribution in [2.75, 3.05) is 5.32 Å². The van der Waals surface area contributed by atoms with E-state index in [9.17, 15) is 18.0 Å². The summed E-state index contributed by atoms with van der Waals surface area (Å²) in [4.78, 5) is 12.1. The first-order valence-corrected chi connectivity index (χ1v) is 6.94. The van der Waals surface area contributed by atoms with Gasteiger partial charge in [-0.05, 0) is 36.6 Å². The first-order valence-electron chi connectivity index (χ1n) is 6.94. The predicted octanol–water partition coefficient (Wildman–Crippen LogP) is 2.99. The minimum Gasteiger partial charge on any atom is -0.480 e. The number of aryl methyl sites for hydroxylation is 2. The van der Waals surface area contributed by atoms with Crippen molar-refractivity contribution >= 4 is 11.7 Å². The van der Waals surface area contributed by atoms with Crippen LogP contribution in [0.2, 0.25) is 0 Å². The number of ether oxygens (including phenoxy) is 1. The molecule has 0 saturated carbocycles. The molecule has 2 aromatic rings. The molecule has 5 nitrogen and oxygen atoms in total. The van der Waals surface area contributed by atoms with Gasteiger partial charge in [0.25, 0.3) is 5.91 Å². The molecule has 1 aliphatic rings. The number of hydrogen-bond donors (Lipinski definition) is 2. The van der Waals surface area contributed by atoms with Gasteiger partial charge in [0.1, 0.15) is 11.4 Å². The van der Waals surface area contributed by atoms with Crippen LogP contribution in [0.25, 0.3) is 0 Å². The lowest BCUT2D eigenvalue weighted by Gasteiger charge is -2.09. The Kier molecular flexibility index (Phi) is 3.54. The third-order valence-electron chi connectivity index (χ3n) is 3.78. The Bertz CT molecular complexity index is 737. The van der Waals surface area contributed by atoms with Crippen LogP contribution in [0.5, 0.6) is 5.75 Å². The molecular weight excluding hydrogens is 311 g/mol. The molecule has 1 aromatic heterocycles. The summed E-state index contributed by atoms with van der Waals surface area (Å²) < 4.78 is 43.0. The fraction of sp³-hybridized carbons (Fsp3) is 0.333. The Morgan fingerprint density at radius 3 is 2.65 bits per heavy atom. The van der Waals surface area contributed by atoms with Crippen molar-refractivity contribution in [3.63, 3.8) is 0 Å². The van der Waals surface area contributed by atoms with Gasteiger partial charge < -0.3 is 10.1 Å². The molecule has 0 bridgehead atoms. The zero-order valence-corrected chi connectivity index (χ0v) is 12.4. The van der Waals surface area contributed by atoms with Crippen molar-refractivity contribution in [1.82, 2.24) is 10.2 Å².